The Morgan fingerprint density at radius 1 is 1.21 bits per heavy atom. The monoisotopic (exact) mass is 270 g/mol. The van der Waals surface area contributed by atoms with Gasteiger partial charge in [0.1, 0.15) is 0 Å². The average molecular weight is 270 g/mol. The van der Waals surface area contributed by atoms with Gasteiger partial charge < -0.3 is 15.0 Å². The van der Waals surface area contributed by atoms with E-state index in [2.05, 4.69) is 31.0 Å². The van der Waals surface area contributed by atoms with Crippen LogP contribution in [0, 0.1) is 0 Å². The Hall–Kier alpha value is -0.120. The third-order valence-electron chi connectivity index (χ3n) is 3.82. The second-order valence-electron chi connectivity index (χ2n) is 6.05. The minimum atomic E-state index is 0.374. The van der Waals surface area contributed by atoms with Gasteiger partial charge in [0, 0.05) is 12.6 Å². The van der Waals surface area contributed by atoms with Crippen LogP contribution in [0.1, 0.15) is 59.3 Å². The number of ether oxygens (including phenoxy) is 1. The summed E-state index contributed by atoms with van der Waals surface area (Å²) < 4.78 is 5.56. The number of nitrogens with one attached hydrogen (secondary N) is 1. The Morgan fingerprint density at radius 2 is 2.05 bits per heavy atom. The molecule has 0 aliphatic carbocycles. The predicted octanol–water partition coefficient (Wildman–Crippen LogP) is 3.05. The smallest absolute Gasteiger partial charge is 0.0518 e. The number of hydrogen-bond acceptors (Lipinski definition) is 3. The summed E-state index contributed by atoms with van der Waals surface area (Å²) in [6.45, 7) is 12.4. The third-order valence-corrected chi connectivity index (χ3v) is 3.82. The summed E-state index contributed by atoms with van der Waals surface area (Å²) in [5.74, 6) is 0. The normalized spacial score (nSPS) is 21.8. The molecule has 1 saturated heterocycles. The molecular weight excluding hydrogens is 236 g/mol. The van der Waals surface area contributed by atoms with Crippen LogP contribution in [0.15, 0.2) is 0 Å². The molecular formula is C16H34N2O. The van der Waals surface area contributed by atoms with E-state index < -0.39 is 0 Å². The Morgan fingerprint density at radius 3 is 2.79 bits per heavy atom. The predicted molar refractivity (Wildman–Crippen MR) is 82.7 cm³/mol. The van der Waals surface area contributed by atoms with Crippen LogP contribution in [0.2, 0.25) is 0 Å². The molecule has 0 radical (unpaired) electrons. The molecule has 0 saturated carbocycles. The molecule has 1 N–H and O–H groups in total. The highest BCUT2D eigenvalue weighted by molar-refractivity contribution is 4.74. The lowest BCUT2D eigenvalue weighted by atomic mass is 10.1. The summed E-state index contributed by atoms with van der Waals surface area (Å²) in [6, 6.07) is 0.743. The van der Waals surface area contributed by atoms with Gasteiger partial charge in [0.25, 0.3) is 0 Å². The first kappa shape index (κ1) is 16.9. The molecule has 0 aromatic heterocycles. The summed E-state index contributed by atoms with van der Waals surface area (Å²) in [5.41, 5.74) is 0. The number of nitrogens with zero attached hydrogens (tertiary/aromatic N) is 1. The van der Waals surface area contributed by atoms with Gasteiger partial charge in [-0.2, -0.15) is 0 Å². The number of hydrogen-bond donors (Lipinski definition) is 1. The lowest BCUT2D eigenvalue weighted by molar-refractivity contribution is 0.0759. The van der Waals surface area contributed by atoms with Crippen LogP contribution >= 0.6 is 0 Å². The van der Waals surface area contributed by atoms with Crippen molar-refractivity contribution in [2.45, 2.75) is 71.4 Å². The molecule has 0 amide bonds. The first-order valence-electron chi connectivity index (χ1n) is 8.29. The Balaban J connectivity index is 2.00. The second kappa shape index (κ2) is 10.6. The van der Waals surface area contributed by atoms with E-state index in [-0.39, 0.29) is 0 Å². The van der Waals surface area contributed by atoms with E-state index in [0.717, 1.165) is 19.2 Å². The van der Waals surface area contributed by atoms with Crippen LogP contribution in [0.4, 0.5) is 0 Å². The highest BCUT2D eigenvalue weighted by Crippen LogP contribution is 2.11. The van der Waals surface area contributed by atoms with Crippen molar-refractivity contribution in [2.24, 2.45) is 0 Å². The van der Waals surface area contributed by atoms with Crippen molar-refractivity contribution in [2.75, 3.05) is 32.8 Å². The highest BCUT2D eigenvalue weighted by Gasteiger charge is 2.15. The van der Waals surface area contributed by atoms with Crippen molar-refractivity contribution in [3.8, 4) is 0 Å². The summed E-state index contributed by atoms with van der Waals surface area (Å²) in [6.07, 6.45) is 8.11. The lowest BCUT2D eigenvalue weighted by Crippen LogP contribution is -2.32. The van der Waals surface area contributed by atoms with E-state index in [0.29, 0.717) is 6.10 Å². The minimum absolute atomic E-state index is 0.374. The Labute approximate surface area is 120 Å². The van der Waals surface area contributed by atoms with E-state index in [9.17, 15) is 0 Å². The van der Waals surface area contributed by atoms with Crippen molar-refractivity contribution in [1.29, 1.82) is 0 Å². The maximum atomic E-state index is 5.56. The molecule has 0 bridgehead atoms. The molecule has 1 aliphatic rings. The van der Waals surface area contributed by atoms with Gasteiger partial charge in [0.15, 0.2) is 0 Å². The van der Waals surface area contributed by atoms with E-state index in [4.69, 9.17) is 4.74 Å². The van der Waals surface area contributed by atoms with Gasteiger partial charge in [-0.1, -0.05) is 6.92 Å². The minimum Gasteiger partial charge on any atom is -0.379 e. The number of likely N-dealkylation sites (tertiary alicyclic amines) is 1. The van der Waals surface area contributed by atoms with Crippen LogP contribution in [0.3, 0.4) is 0 Å². The molecule has 1 heterocycles. The molecule has 3 heteroatoms. The summed E-state index contributed by atoms with van der Waals surface area (Å²) >= 11 is 0. The molecule has 3 nitrogen and oxygen atoms in total. The fourth-order valence-electron chi connectivity index (χ4n) is 2.75. The molecule has 114 valence electrons. The van der Waals surface area contributed by atoms with Crippen molar-refractivity contribution in [1.82, 2.24) is 10.2 Å². The van der Waals surface area contributed by atoms with Crippen LogP contribution in [-0.2, 0) is 4.74 Å². The van der Waals surface area contributed by atoms with E-state index in [1.807, 2.05) is 0 Å². The molecule has 1 rings (SSSR count). The van der Waals surface area contributed by atoms with E-state index in [1.54, 1.807) is 0 Å². The summed E-state index contributed by atoms with van der Waals surface area (Å²) in [5, 5.41) is 3.73. The van der Waals surface area contributed by atoms with Crippen LogP contribution in [-0.4, -0.2) is 49.8 Å². The summed E-state index contributed by atoms with van der Waals surface area (Å²) in [4.78, 5) is 2.62. The maximum absolute atomic E-state index is 5.56. The van der Waals surface area contributed by atoms with E-state index >= 15 is 0 Å². The van der Waals surface area contributed by atoms with Crippen molar-refractivity contribution < 1.29 is 4.74 Å². The van der Waals surface area contributed by atoms with Gasteiger partial charge in [-0.3, -0.25) is 0 Å². The first-order valence-corrected chi connectivity index (χ1v) is 8.29. The average Bonchev–Trinajstić information content (AvgIpc) is 2.59. The van der Waals surface area contributed by atoms with Gasteiger partial charge in [0.2, 0.25) is 0 Å². The molecule has 0 aromatic rings. The van der Waals surface area contributed by atoms with Gasteiger partial charge in [-0.05, 0) is 78.6 Å². The molecule has 0 spiro atoms. The molecule has 1 aliphatic heterocycles. The molecule has 19 heavy (non-hydrogen) atoms. The summed E-state index contributed by atoms with van der Waals surface area (Å²) in [7, 11) is 0. The zero-order chi connectivity index (χ0) is 13.9. The largest absolute Gasteiger partial charge is 0.379 e. The SMILES string of the molecule is CCCN1CCCC(NCCCCOC(C)C)CC1. The topological polar surface area (TPSA) is 24.5 Å². The zero-order valence-electron chi connectivity index (χ0n) is 13.3. The molecule has 0 aromatic carbocycles. The van der Waals surface area contributed by atoms with Crippen molar-refractivity contribution in [3.05, 3.63) is 0 Å². The first-order chi connectivity index (χ1) is 9.22. The second-order valence-corrected chi connectivity index (χ2v) is 6.05. The van der Waals surface area contributed by atoms with Crippen LogP contribution in [0.5, 0.6) is 0 Å². The number of unbranched alkanes of at least 4 members (excludes halogenated alkanes) is 1. The van der Waals surface area contributed by atoms with Crippen LogP contribution in [0.25, 0.3) is 0 Å². The maximum Gasteiger partial charge on any atom is 0.0518 e. The van der Waals surface area contributed by atoms with Gasteiger partial charge in [-0.25, -0.2) is 0 Å². The standard InChI is InChI=1S/C16H34N2O/c1-4-11-18-12-7-8-16(9-13-18)17-10-5-6-14-19-15(2)3/h15-17H,4-14H2,1-3H3. The van der Waals surface area contributed by atoms with Gasteiger partial charge >= 0.3 is 0 Å². The third kappa shape index (κ3) is 8.61. The molecule has 1 atom stereocenters. The van der Waals surface area contributed by atoms with Crippen molar-refractivity contribution in [3.63, 3.8) is 0 Å². The Bertz CT molecular complexity index is 209. The quantitative estimate of drug-likeness (QED) is 0.652. The van der Waals surface area contributed by atoms with Gasteiger partial charge in [0.05, 0.1) is 6.10 Å². The fraction of sp³-hybridized carbons (Fsp3) is 1.00. The zero-order valence-corrected chi connectivity index (χ0v) is 13.3. The van der Waals surface area contributed by atoms with Crippen molar-refractivity contribution >= 4 is 0 Å². The number of rotatable bonds is 9. The van der Waals surface area contributed by atoms with Crippen LogP contribution < -0.4 is 5.32 Å². The molecule has 1 fully saturated rings. The fourth-order valence-corrected chi connectivity index (χ4v) is 2.75. The highest BCUT2D eigenvalue weighted by atomic mass is 16.5. The molecule has 1 unspecified atom stereocenters. The lowest BCUT2D eigenvalue weighted by Gasteiger charge is -2.19. The van der Waals surface area contributed by atoms with E-state index in [1.165, 1.54) is 58.2 Å². The van der Waals surface area contributed by atoms with Gasteiger partial charge in [-0.15, -0.1) is 0 Å². The Kier molecular flexibility index (Phi) is 9.48.